The summed E-state index contributed by atoms with van der Waals surface area (Å²) in [7, 11) is 0. The molecule has 4 heteroatoms. The highest BCUT2D eigenvalue weighted by molar-refractivity contribution is 7.19. The molecule has 112 valence electrons. The second-order valence-corrected chi connectivity index (χ2v) is 6.75. The van der Waals surface area contributed by atoms with Crippen molar-refractivity contribution >= 4 is 34.0 Å². The number of fused-ring (bicyclic) bond motifs is 1. The highest BCUT2D eigenvalue weighted by Crippen LogP contribution is 2.39. The Morgan fingerprint density at radius 3 is 2.26 bits per heavy atom. The van der Waals surface area contributed by atoms with Gasteiger partial charge in [0, 0.05) is 4.88 Å². The van der Waals surface area contributed by atoms with Crippen LogP contribution in [-0.4, -0.2) is 9.97 Å². The van der Waals surface area contributed by atoms with Crippen LogP contribution in [0.3, 0.4) is 0 Å². The summed E-state index contributed by atoms with van der Waals surface area (Å²) < 4.78 is 0. The van der Waals surface area contributed by atoms with Gasteiger partial charge in [-0.3, -0.25) is 0 Å². The van der Waals surface area contributed by atoms with E-state index in [0.717, 1.165) is 21.6 Å². The summed E-state index contributed by atoms with van der Waals surface area (Å²) in [5, 5.41) is 0.449. The molecule has 0 atom stereocenters. The Morgan fingerprint density at radius 1 is 0.870 bits per heavy atom. The zero-order chi connectivity index (χ0) is 15.8. The molecule has 0 aliphatic carbocycles. The second-order valence-electron chi connectivity index (χ2n) is 5.34. The Hall–Kier alpha value is -2.23. The minimum absolute atomic E-state index is 0.449. The van der Waals surface area contributed by atoms with Gasteiger partial charge in [0.15, 0.2) is 5.15 Å². The lowest BCUT2D eigenvalue weighted by molar-refractivity contribution is 1.30. The van der Waals surface area contributed by atoms with Crippen LogP contribution in [0, 0.1) is 6.92 Å². The minimum Gasteiger partial charge on any atom is -0.242 e. The van der Waals surface area contributed by atoms with Crippen LogP contribution in [0.15, 0.2) is 60.7 Å². The molecule has 0 fully saturated rings. The molecule has 0 saturated heterocycles. The van der Waals surface area contributed by atoms with Gasteiger partial charge in [-0.2, -0.15) is 0 Å². The predicted octanol–water partition coefficient (Wildman–Crippen LogP) is 5.99. The number of aromatic nitrogens is 2. The molecule has 2 aromatic heterocycles. The van der Waals surface area contributed by atoms with Gasteiger partial charge in [-0.15, -0.1) is 11.3 Å². The summed E-state index contributed by atoms with van der Waals surface area (Å²) in [4.78, 5) is 11.5. The molecule has 23 heavy (non-hydrogen) atoms. The number of rotatable bonds is 2. The summed E-state index contributed by atoms with van der Waals surface area (Å²) in [6.07, 6.45) is 0. The van der Waals surface area contributed by atoms with Crippen LogP contribution in [0.5, 0.6) is 0 Å². The van der Waals surface area contributed by atoms with Gasteiger partial charge < -0.3 is 0 Å². The molecular formula is C19H13ClN2S. The number of hydrogen-bond acceptors (Lipinski definition) is 3. The van der Waals surface area contributed by atoms with Gasteiger partial charge in [-0.05, 0) is 36.2 Å². The summed E-state index contributed by atoms with van der Waals surface area (Å²) >= 11 is 8.08. The van der Waals surface area contributed by atoms with E-state index < -0.39 is 0 Å². The maximum absolute atomic E-state index is 6.38. The van der Waals surface area contributed by atoms with Crippen LogP contribution in [0.25, 0.3) is 32.0 Å². The van der Waals surface area contributed by atoms with Crippen molar-refractivity contribution in [2.24, 2.45) is 0 Å². The van der Waals surface area contributed by atoms with Crippen molar-refractivity contribution in [1.82, 2.24) is 9.97 Å². The second kappa shape index (κ2) is 5.76. The quantitative estimate of drug-likeness (QED) is 0.449. The normalized spacial score (nSPS) is 11.0. The molecule has 0 radical (unpaired) electrons. The highest BCUT2D eigenvalue weighted by atomic mass is 35.5. The average Bonchev–Trinajstić information content (AvgIpc) is 2.96. The molecule has 0 saturated carbocycles. The third-order valence-corrected chi connectivity index (χ3v) is 5.27. The zero-order valence-corrected chi connectivity index (χ0v) is 14.0. The first-order valence-corrected chi connectivity index (χ1v) is 8.50. The van der Waals surface area contributed by atoms with Crippen LogP contribution in [0.2, 0.25) is 5.15 Å². The van der Waals surface area contributed by atoms with Crippen LogP contribution >= 0.6 is 22.9 Å². The van der Waals surface area contributed by atoms with Crippen molar-refractivity contribution in [3.8, 4) is 21.0 Å². The third-order valence-electron chi connectivity index (χ3n) is 3.72. The third kappa shape index (κ3) is 2.62. The van der Waals surface area contributed by atoms with E-state index in [1.165, 1.54) is 16.0 Å². The van der Waals surface area contributed by atoms with Gasteiger partial charge >= 0.3 is 0 Å². The van der Waals surface area contributed by atoms with Crippen molar-refractivity contribution in [3.05, 3.63) is 71.4 Å². The van der Waals surface area contributed by atoms with Crippen LogP contribution < -0.4 is 0 Å². The first kappa shape index (κ1) is 14.4. The van der Waals surface area contributed by atoms with Gasteiger partial charge in [0.25, 0.3) is 0 Å². The van der Waals surface area contributed by atoms with E-state index in [4.69, 9.17) is 16.6 Å². The lowest BCUT2D eigenvalue weighted by Gasteiger charge is -2.03. The molecule has 0 amide bonds. The van der Waals surface area contributed by atoms with Crippen LogP contribution in [-0.2, 0) is 0 Å². The SMILES string of the molecule is Cc1cc(-c2nc3ccccc3nc2Cl)sc1-c1ccccc1. The Labute approximate surface area is 143 Å². The Morgan fingerprint density at radius 2 is 1.52 bits per heavy atom. The first-order chi connectivity index (χ1) is 11.2. The lowest BCUT2D eigenvalue weighted by atomic mass is 10.1. The maximum atomic E-state index is 6.38. The predicted molar refractivity (Wildman–Crippen MR) is 98.0 cm³/mol. The fourth-order valence-electron chi connectivity index (χ4n) is 2.61. The van der Waals surface area contributed by atoms with Crippen molar-refractivity contribution in [2.75, 3.05) is 0 Å². The van der Waals surface area contributed by atoms with E-state index in [0.29, 0.717) is 5.15 Å². The minimum atomic E-state index is 0.449. The fraction of sp³-hybridized carbons (Fsp3) is 0.0526. The summed E-state index contributed by atoms with van der Waals surface area (Å²) in [5.74, 6) is 0. The Kier molecular flexibility index (Phi) is 3.60. The molecule has 0 aliphatic rings. The van der Waals surface area contributed by atoms with E-state index in [-0.39, 0.29) is 0 Å². The number of nitrogens with zero attached hydrogens (tertiary/aromatic N) is 2. The van der Waals surface area contributed by atoms with Gasteiger partial charge in [-0.25, -0.2) is 9.97 Å². The summed E-state index contributed by atoms with van der Waals surface area (Å²) in [5.41, 5.74) is 4.87. The number of para-hydroxylation sites is 2. The zero-order valence-electron chi connectivity index (χ0n) is 12.5. The molecule has 4 aromatic rings. The van der Waals surface area contributed by atoms with Crippen molar-refractivity contribution in [3.63, 3.8) is 0 Å². The van der Waals surface area contributed by atoms with Crippen molar-refractivity contribution in [1.29, 1.82) is 0 Å². The highest BCUT2D eigenvalue weighted by Gasteiger charge is 2.14. The largest absolute Gasteiger partial charge is 0.242 e. The molecular weight excluding hydrogens is 324 g/mol. The molecule has 2 heterocycles. The first-order valence-electron chi connectivity index (χ1n) is 7.31. The number of benzene rings is 2. The maximum Gasteiger partial charge on any atom is 0.156 e. The molecule has 2 nitrogen and oxygen atoms in total. The van der Waals surface area contributed by atoms with Crippen molar-refractivity contribution < 1.29 is 0 Å². The van der Waals surface area contributed by atoms with E-state index in [1.807, 2.05) is 30.3 Å². The van der Waals surface area contributed by atoms with E-state index in [9.17, 15) is 0 Å². The van der Waals surface area contributed by atoms with E-state index in [2.05, 4.69) is 42.2 Å². The smallest absolute Gasteiger partial charge is 0.156 e. The van der Waals surface area contributed by atoms with Gasteiger partial charge in [-0.1, -0.05) is 54.1 Å². The fourth-order valence-corrected chi connectivity index (χ4v) is 4.07. The standard InChI is InChI=1S/C19H13ClN2S/c1-12-11-16(23-18(12)13-7-3-2-4-8-13)17-19(20)22-15-10-6-5-9-14(15)21-17/h2-11H,1H3. The average molecular weight is 337 g/mol. The topological polar surface area (TPSA) is 25.8 Å². The number of hydrogen-bond donors (Lipinski definition) is 0. The number of aryl methyl sites for hydroxylation is 1. The van der Waals surface area contributed by atoms with Gasteiger partial charge in [0.2, 0.25) is 0 Å². The summed E-state index contributed by atoms with van der Waals surface area (Å²) in [6.45, 7) is 2.12. The molecule has 2 aromatic carbocycles. The molecule has 0 bridgehead atoms. The monoisotopic (exact) mass is 336 g/mol. The Bertz CT molecular complexity index is 993. The van der Waals surface area contributed by atoms with Crippen LogP contribution in [0.1, 0.15) is 5.56 Å². The molecule has 0 aliphatic heterocycles. The van der Waals surface area contributed by atoms with E-state index >= 15 is 0 Å². The number of thiophene rings is 1. The van der Waals surface area contributed by atoms with E-state index in [1.54, 1.807) is 11.3 Å². The molecule has 0 unspecified atom stereocenters. The van der Waals surface area contributed by atoms with Crippen molar-refractivity contribution in [2.45, 2.75) is 6.92 Å². The van der Waals surface area contributed by atoms with Crippen LogP contribution in [0.4, 0.5) is 0 Å². The molecule has 0 spiro atoms. The molecule has 0 N–H and O–H groups in total. The van der Waals surface area contributed by atoms with Gasteiger partial charge in [0.1, 0.15) is 5.69 Å². The summed E-state index contributed by atoms with van der Waals surface area (Å²) in [6, 6.07) is 20.3. The number of halogens is 1. The molecule has 4 rings (SSSR count). The lowest BCUT2D eigenvalue weighted by Crippen LogP contribution is -1.89. The van der Waals surface area contributed by atoms with Gasteiger partial charge in [0.05, 0.1) is 15.9 Å². The Balaban J connectivity index is 1.87.